The minimum atomic E-state index is -0.296. The fourth-order valence-electron chi connectivity index (χ4n) is 5.56. The molecule has 6 heteroatoms. The fourth-order valence-corrected chi connectivity index (χ4v) is 5.56. The van der Waals surface area contributed by atoms with Crippen molar-refractivity contribution in [2.24, 2.45) is 5.41 Å². The maximum absolute atomic E-state index is 12.8. The van der Waals surface area contributed by atoms with Gasteiger partial charge in [-0.05, 0) is 49.3 Å². The lowest BCUT2D eigenvalue weighted by atomic mass is 9.73. The Morgan fingerprint density at radius 2 is 1.91 bits per heavy atom. The maximum atomic E-state index is 12.8. The number of piperidine rings is 1. The van der Waals surface area contributed by atoms with Crippen LogP contribution in [0.25, 0.3) is 0 Å². The molecule has 0 aliphatic carbocycles. The second kappa shape index (κ2) is 11.0. The van der Waals surface area contributed by atoms with E-state index in [0.717, 1.165) is 50.0 Å². The van der Waals surface area contributed by atoms with Crippen molar-refractivity contribution in [2.45, 2.75) is 52.0 Å². The van der Waals surface area contributed by atoms with Crippen molar-refractivity contribution in [2.75, 3.05) is 39.8 Å². The van der Waals surface area contributed by atoms with Crippen molar-refractivity contribution < 1.29 is 9.59 Å². The van der Waals surface area contributed by atoms with Gasteiger partial charge < -0.3 is 20.4 Å². The number of carbonyl (C=O) groups excluding carboxylic acids is 2. The van der Waals surface area contributed by atoms with Gasteiger partial charge >= 0.3 is 0 Å². The van der Waals surface area contributed by atoms with Crippen molar-refractivity contribution in [1.82, 2.24) is 20.4 Å². The molecule has 0 saturated carbocycles. The molecule has 1 spiro atoms. The minimum Gasteiger partial charge on any atom is -0.374 e. The third-order valence-electron chi connectivity index (χ3n) is 7.38. The van der Waals surface area contributed by atoms with Crippen molar-refractivity contribution in [3.05, 3.63) is 59.9 Å². The first kappa shape index (κ1) is 25.0. The molecule has 6 nitrogen and oxygen atoms in total. The van der Waals surface area contributed by atoms with Crippen LogP contribution in [0.4, 0.5) is 0 Å². The summed E-state index contributed by atoms with van der Waals surface area (Å²) in [6, 6.07) is -0.296. The van der Waals surface area contributed by atoms with E-state index >= 15 is 0 Å². The van der Waals surface area contributed by atoms with Crippen LogP contribution in [-0.4, -0.2) is 67.4 Å². The Morgan fingerprint density at radius 3 is 2.52 bits per heavy atom. The first-order valence-electron chi connectivity index (χ1n) is 12.2. The molecule has 1 atom stereocenters. The van der Waals surface area contributed by atoms with Crippen LogP contribution >= 0.6 is 0 Å². The van der Waals surface area contributed by atoms with E-state index in [-0.39, 0.29) is 23.3 Å². The van der Waals surface area contributed by atoms with Crippen molar-refractivity contribution in [1.29, 1.82) is 0 Å². The first-order valence-corrected chi connectivity index (χ1v) is 12.2. The molecule has 1 unspecified atom stereocenters. The van der Waals surface area contributed by atoms with E-state index in [2.05, 4.69) is 61.7 Å². The Balaban J connectivity index is 1.48. The second-order valence-corrected chi connectivity index (χ2v) is 9.35. The van der Waals surface area contributed by atoms with E-state index in [1.165, 1.54) is 11.3 Å². The SMILES string of the molecule is C=CC1=C(C=C)CC(C(=O)NCCC(=O)N2CCC3(CC2)CN(C)C(=C/C)/C3=C\CC)NC1. The maximum Gasteiger partial charge on any atom is 0.237 e. The highest BCUT2D eigenvalue weighted by molar-refractivity contribution is 5.83. The number of nitrogens with zero attached hydrogens (tertiary/aromatic N) is 2. The normalized spacial score (nSPS) is 25.1. The molecule has 0 aromatic carbocycles. The van der Waals surface area contributed by atoms with E-state index in [1.807, 2.05) is 11.0 Å². The number of carbonyl (C=O) groups is 2. The summed E-state index contributed by atoms with van der Waals surface area (Å²) in [6.45, 7) is 15.5. The quantitative estimate of drug-likeness (QED) is 0.622. The van der Waals surface area contributed by atoms with Gasteiger partial charge in [-0.3, -0.25) is 9.59 Å². The molecule has 2 amide bonds. The number of nitrogens with one attached hydrogen (secondary N) is 2. The standard InChI is InChI=1S/C27H40N4O2/c1-6-10-22-24(9-4)30(5)19-27(22)12-15-31(16-13-27)25(32)11-14-28-26(33)23-17-20(7-2)21(8-3)18-29-23/h7-10,23,29H,2-3,6,11-19H2,1,4-5H3,(H,28,33)/b22-10+,24-9+. The van der Waals surface area contributed by atoms with E-state index < -0.39 is 0 Å². The molecule has 33 heavy (non-hydrogen) atoms. The van der Waals surface area contributed by atoms with Gasteiger partial charge in [0.1, 0.15) is 0 Å². The van der Waals surface area contributed by atoms with E-state index in [1.54, 1.807) is 6.08 Å². The van der Waals surface area contributed by atoms with Gasteiger partial charge in [-0.1, -0.05) is 44.4 Å². The van der Waals surface area contributed by atoms with Crippen LogP contribution in [0.3, 0.4) is 0 Å². The van der Waals surface area contributed by atoms with Gasteiger partial charge in [0.25, 0.3) is 0 Å². The molecule has 180 valence electrons. The summed E-state index contributed by atoms with van der Waals surface area (Å²) in [4.78, 5) is 29.7. The third-order valence-corrected chi connectivity index (χ3v) is 7.38. The van der Waals surface area contributed by atoms with Gasteiger partial charge in [0.2, 0.25) is 11.8 Å². The summed E-state index contributed by atoms with van der Waals surface area (Å²) in [5.41, 5.74) is 5.09. The largest absolute Gasteiger partial charge is 0.374 e. The summed E-state index contributed by atoms with van der Waals surface area (Å²) in [5, 5.41) is 6.18. The number of allylic oxidation sites excluding steroid dienone is 4. The number of amides is 2. The van der Waals surface area contributed by atoms with Crippen LogP contribution in [0, 0.1) is 5.41 Å². The van der Waals surface area contributed by atoms with Crippen molar-refractivity contribution in [3.63, 3.8) is 0 Å². The molecule has 2 saturated heterocycles. The predicted molar refractivity (Wildman–Crippen MR) is 134 cm³/mol. The van der Waals surface area contributed by atoms with Gasteiger partial charge in [0, 0.05) is 57.3 Å². The molecular formula is C27H40N4O2. The molecule has 0 radical (unpaired) electrons. The number of hydrogen-bond donors (Lipinski definition) is 2. The first-order chi connectivity index (χ1) is 15.9. The number of likely N-dealkylation sites (tertiary alicyclic amines) is 2. The Morgan fingerprint density at radius 1 is 1.21 bits per heavy atom. The van der Waals surface area contributed by atoms with Crippen molar-refractivity contribution in [3.8, 4) is 0 Å². The third kappa shape index (κ3) is 5.32. The zero-order valence-electron chi connectivity index (χ0n) is 20.6. The lowest BCUT2D eigenvalue weighted by Gasteiger charge is -2.40. The van der Waals surface area contributed by atoms with Gasteiger partial charge in [0.15, 0.2) is 0 Å². The predicted octanol–water partition coefficient (Wildman–Crippen LogP) is 3.32. The Hall–Kier alpha value is -2.60. The molecule has 3 rings (SSSR count). The number of rotatable bonds is 7. The smallest absolute Gasteiger partial charge is 0.237 e. The lowest BCUT2D eigenvalue weighted by Crippen LogP contribution is -2.48. The highest BCUT2D eigenvalue weighted by atomic mass is 16.2. The molecule has 2 N–H and O–H groups in total. The molecule has 0 bridgehead atoms. The van der Waals surface area contributed by atoms with E-state index in [9.17, 15) is 9.59 Å². The van der Waals surface area contributed by atoms with Gasteiger partial charge in [-0.25, -0.2) is 0 Å². The van der Waals surface area contributed by atoms with Crippen LogP contribution in [0.1, 0.15) is 46.0 Å². The molecular weight excluding hydrogens is 412 g/mol. The number of hydrogen-bond acceptors (Lipinski definition) is 4. The van der Waals surface area contributed by atoms with E-state index in [4.69, 9.17) is 0 Å². The van der Waals surface area contributed by atoms with Crippen LogP contribution in [-0.2, 0) is 9.59 Å². The molecule has 3 aliphatic rings. The zero-order valence-corrected chi connectivity index (χ0v) is 20.6. The monoisotopic (exact) mass is 452 g/mol. The molecule has 0 aromatic heterocycles. The zero-order chi connectivity index (χ0) is 24.0. The fraction of sp³-hybridized carbons (Fsp3) is 0.556. The Bertz CT molecular complexity index is 875. The lowest BCUT2D eigenvalue weighted by molar-refractivity contribution is -0.133. The molecule has 0 aromatic rings. The van der Waals surface area contributed by atoms with E-state index in [0.29, 0.717) is 25.9 Å². The van der Waals surface area contributed by atoms with Gasteiger partial charge in [0.05, 0.1) is 6.04 Å². The van der Waals surface area contributed by atoms with Gasteiger partial charge in [-0.15, -0.1) is 0 Å². The van der Waals surface area contributed by atoms with Crippen LogP contribution in [0.2, 0.25) is 0 Å². The van der Waals surface area contributed by atoms with Gasteiger partial charge in [-0.2, -0.15) is 0 Å². The van der Waals surface area contributed by atoms with Crippen LogP contribution < -0.4 is 10.6 Å². The highest BCUT2D eigenvalue weighted by Gasteiger charge is 2.45. The van der Waals surface area contributed by atoms with Crippen LogP contribution in [0.15, 0.2) is 59.9 Å². The van der Waals surface area contributed by atoms with Crippen molar-refractivity contribution >= 4 is 11.8 Å². The molecule has 3 aliphatic heterocycles. The molecule has 3 heterocycles. The topological polar surface area (TPSA) is 64.7 Å². The summed E-state index contributed by atoms with van der Waals surface area (Å²) < 4.78 is 0. The summed E-state index contributed by atoms with van der Waals surface area (Å²) in [7, 11) is 2.17. The summed E-state index contributed by atoms with van der Waals surface area (Å²) in [6.07, 6.45) is 12.1. The Kier molecular flexibility index (Phi) is 8.35. The average Bonchev–Trinajstić information content (AvgIpc) is 3.08. The minimum absolute atomic E-state index is 0.0647. The summed E-state index contributed by atoms with van der Waals surface area (Å²) in [5.74, 6) is 0.0612. The number of likely N-dealkylation sites (N-methyl/N-ethyl adjacent to an activating group) is 1. The Labute approximate surface area is 199 Å². The highest BCUT2D eigenvalue weighted by Crippen LogP contribution is 2.48. The molecule has 2 fully saturated rings. The second-order valence-electron chi connectivity index (χ2n) is 9.35. The summed E-state index contributed by atoms with van der Waals surface area (Å²) >= 11 is 0. The average molecular weight is 453 g/mol. The van der Waals surface area contributed by atoms with Crippen LogP contribution in [0.5, 0.6) is 0 Å².